The fraction of sp³-hybridized carbons (Fsp3) is 0.350. The molecule has 3 amide bonds. The Kier molecular flexibility index (Phi) is 14.2. The molecule has 0 fully saturated rings. The quantitative estimate of drug-likeness (QED) is 0.223. The lowest BCUT2D eigenvalue weighted by atomic mass is 9.98. The molecule has 3 N–H and O–H groups in total. The van der Waals surface area contributed by atoms with Crippen LogP contribution in [0.2, 0.25) is 5.02 Å². The highest BCUT2D eigenvalue weighted by Crippen LogP contribution is 2.26. The second-order valence-corrected chi connectivity index (χ2v) is 13.3. The maximum Gasteiger partial charge on any atom is 0.328 e. The average Bonchev–Trinajstić information content (AvgIpc) is 3.09. The largest absolute Gasteiger partial charge is 0.495 e. The number of methoxy groups -OCH3 is 1. The number of carbonyl (C=O) groups is 4. The summed E-state index contributed by atoms with van der Waals surface area (Å²) in [5, 5.41) is 9.05. The molecule has 0 saturated carbocycles. The number of nitrogens with one attached hydrogen (secondary N) is 3. The van der Waals surface area contributed by atoms with Crippen molar-refractivity contribution in [2.75, 3.05) is 7.11 Å². The number of benzene rings is 3. The Hall–Kier alpha value is -4.89. The topological polar surface area (TPSA) is 123 Å². The van der Waals surface area contributed by atoms with Crippen LogP contribution in [0.25, 0.3) is 6.08 Å². The summed E-state index contributed by atoms with van der Waals surface area (Å²) < 4.78 is 11.3. The molecule has 4 rings (SSSR count). The number of hydrogen-bond donors (Lipinski definition) is 3. The minimum absolute atomic E-state index is 0.0766. The molecule has 1 heterocycles. The van der Waals surface area contributed by atoms with Crippen LogP contribution in [0.5, 0.6) is 5.75 Å². The van der Waals surface area contributed by atoms with E-state index in [1.807, 2.05) is 93.6 Å². The molecule has 9 nitrogen and oxygen atoms in total. The second kappa shape index (κ2) is 18.8. The first-order chi connectivity index (χ1) is 24.0. The van der Waals surface area contributed by atoms with E-state index in [2.05, 4.69) is 16.0 Å². The summed E-state index contributed by atoms with van der Waals surface area (Å²) in [6.07, 6.45) is 6.83. The van der Waals surface area contributed by atoms with Crippen LogP contribution in [-0.4, -0.2) is 49.0 Å². The van der Waals surface area contributed by atoms with E-state index < -0.39 is 47.9 Å². The molecular weight excluding hydrogens is 654 g/mol. The van der Waals surface area contributed by atoms with Gasteiger partial charge < -0.3 is 25.4 Å². The molecule has 0 aliphatic carbocycles. The number of esters is 1. The van der Waals surface area contributed by atoms with Crippen molar-refractivity contribution in [2.45, 2.75) is 70.7 Å². The van der Waals surface area contributed by atoms with Crippen molar-refractivity contribution in [1.82, 2.24) is 16.0 Å². The summed E-state index contributed by atoms with van der Waals surface area (Å²) in [6, 6.07) is 21.4. The average molecular weight is 700 g/mol. The van der Waals surface area contributed by atoms with Crippen LogP contribution in [0, 0.1) is 11.8 Å². The van der Waals surface area contributed by atoms with Crippen molar-refractivity contribution >= 4 is 41.4 Å². The third-order valence-corrected chi connectivity index (χ3v) is 8.70. The van der Waals surface area contributed by atoms with Crippen molar-refractivity contribution < 1.29 is 28.7 Å². The molecule has 5 atom stereocenters. The smallest absolute Gasteiger partial charge is 0.328 e. The van der Waals surface area contributed by atoms with E-state index in [0.29, 0.717) is 28.3 Å². The van der Waals surface area contributed by atoms with Gasteiger partial charge in [0.15, 0.2) is 0 Å². The highest BCUT2D eigenvalue weighted by molar-refractivity contribution is 6.32. The first-order valence-corrected chi connectivity index (χ1v) is 17.3. The van der Waals surface area contributed by atoms with Gasteiger partial charge in [-0.3, -0.25) is 14.4 Å². The Labute approximate surface area is 299 Å². The van der Waals surface area contributed by atoms with Crippen LogP contribution in [0.3, 0.4) is 0 Å². The highest BCUT2D eigenvalue weighted by Gasteiger charge is 2.31. The summed E-state index contributed by atoms with van der Waals surface area (Å²) in [4.78, 5) is 54.5. The Morgan fingerprint density at radius 3 is 2.26 bits per heavy atom. The van der Waals surface area contributed by atoms with Crippen molar-refractivity contribution in [3.63, 3.8) is 0 Å². The zero-order valence-electron chi connectivity index (χ0n) is 28.9. The minimum atomic E-state index is -1.01. The maximum absolute atomic E-state index is 13.9. The molecule has 50 heavy (non-hydrogen) atoms. The van der Waals surface area contributed by atoms with E-state index in [1.54, 1.807) is 24.3 Å². The Morgan fingerprint density at radius 2 is 1.60 bits per heavy atom. The van der Waals surface area contributed by atoms with Gasteiger partial charge in [-0.25, -0.2) is 4.79 Å². The van der Waals surface area contributed by atoms with Crippen LogP contribution in [-0.2, 0) is 30.3 Å². The van der Waals surface area contributed by atoms with Crippen molar-refractivity contribution in [1.29, 1.82) is 0 Å². The van der Waals surface area contributed by atoms with E-state index in [-0.39, 0.29) is 31.1 Å². The van der Waals surface area contributed by atoms with Gasteiger partial charge in [0.05, 0.1) is 24.6 Å². The molecule has 3 aromatic carbocycles. The van der Waals surface area contributed by atoms with Crippen LogP contribution in [0.4, 0.5) is 0 Å². The van der Waals surface area contributed by atoms with Gasteiger partial charge in [0.2, 0.25) is 17.7 Å². The van der Waals surface area contributed by atoms with Crippen LogP contribution in [0.1, 0.15) is 62.8 Å². The molecule has 1 aliphatic heterocycles. The van der Waals surface area contributed by atoms with Gasteiger partial charge in [-0.15, -0.1) is 0 Å². The normalized spacial score (nSPS) is 21.6. The molecule has 264 valence electrons. The van der Waals surface area contributed by atoms with Crippen LogP contribution in [0.15, 0.2) is 97.1 Å². The molecule has 10 heteroatoms. The van der Waals surface area contributed by atoms with Gasteiger partial charge in [-0.1, -0.05) is 117 Å². The first kappa shape index (κ1) is 37.9. The highest BCUT2D eigenvalue weighted by atomic mass is 35.5. The molecule has 3 aromatic rings. The van der Waals surface area contributed by atoms with Gasteiger partial charge >= 0.3 is 5.97 Å². The van der Waals surface area contributed by atoms with Gasteiger partial charge in [0.1, 0.15) is 23.9 Å². The number of ether oxygens (including phenoxy) is 2. The monoisotopic (exact) mass is 699 g/mol. The summed E-state index contributed by atoms with van der Waals surface area (Å²) in [5.41, 5.74) is 2.39. The molecular formula is C40H46ClN3O6. The predicted octanol–water partition coefficient (Wildman–Crippen LogP) is 6.38. The number of halogens is 1. The predicted molar refractivity (Wildman–Crippen MR) is 195 cm³/mol. The van der Waals surface area contributed by atoms with Crippen molar-refractivity contribution in [3.05, 3.63) is 119 Å². The van der Waals surface area contributed by atoms with Gasteiger partial charge in [-0.05, 0) is 47.2 Å². The Bertz CT molecular complexity index is 1660. The lowest BCUT2D eigenvalue weighted by Crippen LogP contribution is -2.50. The van der Waals surface area contributed by atoms with E-state index >= 15 is 0 Å². The van der Waals surface area contributed by atoms with Gasteiger partial charge in [0, 0.05) is 18.8 Å². The van der Waals surface area contributed by atoms with Gasteiger partial charge in [-0.2, -0.15) is 0 Å². The fourth-order valence-electron chi connectivity index (χ4n) is 5.70. The Morgan fingerprint density at radius 1 is 0.900 bits per heavy atom. The Balaban J connectivity index is 1.68. The van der Waals surface area contributed by atoms with E-state index in [1.165, 1.54) is 13.2 Å². The molecule has 0 radical (unpaired) electrons. The van der Waals surface area contributed by atoms with E-state index in [0.717, 1.165) is 5.56 Å². The minimum Gasteiger partial charge on any atom is -0.495 e. The molecule has 0 saturated heterocycles. The fourth-order valence-corrected chi connectivity index (χ4v) is 5.98. The summed E-state index contributed by atoms with van der Waals surface area (Å²) in [6.45, 7) is 5.86. The van der Waals surface area contributed by atoms with E-state index in [9.17, 15) is 19.2 Å². The number of hydrogen-bond acceptors (Lipinski definition) is 6. The third kappa shape index (κ3) is 11.6. The summed E-state index contributed by atoms with van der Waals surface area (Å²) >= 11 is 6.38. The summed E-state index contributed by atoms with van der Waals surface area (Å²) in [7, 11) is 1.51. The lowest BCUT2D eigenvalue weighted by molar-refractivity contribution is -0.155. The second-order valence-electron chi connectivity index (χ2n) is 12.9. The maximum atomic E-state index is 13.9. The number of carbonyl (C=O) groups excluding carboxylic acids is 4. The van der Waals surface area contributed by atoms with Crippen LogP contribution >= 0.6 is 11.6 Å². The molecule has 1 unspecified atom stereocenters. The number of rotatable bonds is 9. The first-order valence-electron chi connectivity index (χ1n) is 16.9. The summed E-state index contributed by atoms with van der Waals surface area (Å²) in [5.74, 6) is -1.64. The molecule has 1 aliphatic rings. The SMILES string of the molecule is COc1ccc(C[C@H]2NC(=O)C=CC[C@@H]([C@H](C)C=Cc3ccccc3)OC(=O)[C@H](CC(C)C)NC(=O)CC(c3ccccc3)NC2=O)cc1Cl. The van der Waals surface area contributed by atoms with Crippen molar-refractivity contribution in [2.24, 2.45) is 11.8 Å². The molecule has 0 aromatic heterocycles. The van der Waals surface area contributed by atoms with E-state index in [4.69, 9.17) is 21.1 Å². The standard InChI is InChI=1S/C40H46ClN3O6/c1-26(2)22-34-40(48)50-35(27(3)18-19-28-12-7-5-8-13-28)16-11-17-37(45)42-33(24-29-20-21-36(49-4)31(41)23-29)39(47)44-32(25-38(46)43-34)30-14-9-6-10-15-30/h5-15,17-21,23,26-27,32-35H,16,22,24-25H2,1-4H3,(H,42,45)(H,43,46)(H,44,47)/t27-,32?,33-,34+,35+/m1/s1. The lowest BCUT2D eigenvalue weighted by Gasteiger charge is -2.27. The number of cyclic esters (lactones) is 1. The molecule has 0 spiro atoms. The zero-order chi connectivity index (χ0) is 36.0. The zero-order valence-corrected chi connectivity index (χ0v) is 29.7. The van der Waals surface area contributed by atoms with Gasteiger partial charge in [0.25, 0.3) is 0 Å². The third-order valence-electron chi connectivity index (χ3n) is 8.41. The number of amides is 3. The molecule has 0 bridgehead atoms. The van der Waals surface area contributed by atoms with Crippen LogP contribution < -0.4 is 20.7 Å². The van der Waals surface area contributed by atoms with Crippen molar-refractivity contribution in [3.8, 4) is 5.75 Å².